The van der Waals surface area contributed by atoms with E-state index in [9.17, 15) is 18.0 Å². The fourth-order valence-corrected chi connectivity index (χ4v) is 3.63. The number of piperidine rings is 1. The molecule has 0 aromatic carbocycles. The molecule has 0 N–H and O–H groups in total. The van der Waals surface area contributed by atoms with Crippen molar-refractivity contribution in [2.75, 3.05) is 13.1 Å². The lowest BCUT2D eigenvalue weighted by molar-refractivity contribution is -0.186. The predicted molar refractivity (Wildman–Crippen MR) is 103 cm³/mol. The summed E-state index contributed by atoms with van der Waals surface area (Å²) in [5.74, 6) is -1.37. The first-order chi connectivity index (χ1) is 14.4. The number of aromatic nitrogens is 4. The first kappa shape index (κ1) is 19.9. The Kier molecular flexibility index (Phi) is 5.43. The number of carbonyl (C=O) groups is 1. The van der Waals surface area contributed by atoms with E-state index >= 15 is 0 Å². The third-order valence-electron chi connectivity index (χ3n) is 5.14. The van der Waals surface area contributed by atoms with E-state index in [4.69, 9.17) is 4.98 Å². The van der Waals surface area contributed by atoms with Crippen LogP contribution in [0.4, 0.5) is 13.2 Å². The van der Waals surface area contributed by atoms with Gasteiger partial charge in [-0.1, -0.05) is 0 Å². The van der Waals surface area contributed by atoms with Gasteiger partial charge in [-0.05, 0) is 42.7 Å². The maximum atomic E-state index is 12.8. The summed E-state index contributed by atoms with van der Waals surface area (Å²) < 4.78 is 38.3. The Morgan fingerprint density at radius 2 is 1.70 bits per heavy atom. The van der Waals surface area contributed by atoms with Gasteiger partial charge in [0.2, 0.25) is 0 Å². The molecule has 0 atom stereocenters. The molecular formula is C21H18F3N5O. The number of likely N-dealkylation sites (tertiary alicyclic amines) is 1. The van der Waals surface area contributed by atoms with E-state index in [0.29, 0.717) is 18.7 Å². The molecule has 0 radical (unpaired) electrons. The smallest absolute Gasteiger partial charge is 0.335 e. The average molecular weight is 413 g/mol. The number of nitrogens with zero attached hydrogens (tertiary/aromatic N) is 5. The van der Waals surface area contributed by atoms with Crippen molar-refractivity contribution >= 4 is 5.91 Å². The first-order valence-corrected chi connectivity index (χ1v) is 9.47. The van der Waals surface area contributed by atoms with E-state index in [1.807, 2.05) is 18.2 Å². The van der Waals surface area contributed by atoms with Crippen LogP contribution in [0.1, 0.15) is 24.5 Å². The Labute approximate surface area is 170 Å². The van der Waals surface area contributed by atoms with Crippen molar-refractivity contribution in [2.45, 2.75) is 24.9 Å². The van der Waals surface area contributed by atoms with Crippen LogP contribution in [0.15, 0.2) is 55.2 Å². The van der Waals surface area contributed by atoms with E-state index in [-0.39, 0.29) is 19.0 Å². The van der Waals surface area contributed by atoms with E-state index in [0.717, 1.165) is 27.3 Å². The van der Waals surface area contributed by atoms with Crippen molar-refractivity contribution in [3.63, 3.8) is 0 Å². The number of hydrogen-bond donors (Lipinski definition) is 0. The molecule has 0 saturated carbocycles. The molecule has 0 spiro atoms. The van der Waals surface area contributed by atoms with Gasteiger partial charge in [0.05, 0.1) is 5.69 Å². The van der Waals surface area contributed by atoms with Crippen LogP contribution in [0.5, 0.6) is 0 Å². The summed E-state index contributed by atoms with van der Waals surface area (Å²) in [7, 11) is 0. The van der Waals surface area contributed by atoms with Crippen LogP contribution in [-0.4, -0.2) is 50.0 Å². The van der Waals surface area contributed by atoms with E-state index in [1.54, 1.807) is 37.1 Å². The minimum Gasteiger partial charge on any atom is -0.335 e. The predicted octanol–water partition coefficient (Wildman–Crippen LogP) is 3.87. The average Bonchev–Trinajstić information content (AvgIpc) is 2.79. The van der Waals surface area contributed by atoms with Gasteiger partial charge in [-0.15, -0.1) is 0 Å². The first-order valence-electron chi connectivity index (χ1n) is 9.47. The minimum absolute atomic E-state index is 0.0328. The standard InChI is InChI=1S/C21H18F3N5O/c22-21(23,24)20(30)29-10-5-15(6-11-29)18-17(14-3-8-25-9-4-14)13-27-19(28-18)16-2-1-7-26-12-16/h1-4,7-9,12-13,15H,5-6,10-11H2. The number of hydrogen-bond acceptors (Lipinski definition) is 5. The highest BCUT2D eigenvalue weighted by Crippen LogP contribution is 2.35. The fourth-order valence-electron chi connectivity index (χ4n) is 3.63. The minimum atomic E-state index is -4.85. The Balaban J connectivity index is 1.66. The lowest BCUT2D eigenvalue weighted by Gasteiger charge is -2.32. The van der Waals surface area contributed by atoms with Gasteiger partial charge in [-0.25, -0.2) is 9.97 Å². The summed E-state index contributed by atoms with van der Waals surface area (Å²) in [6.45, 7) is 0.0655. The van der Waals surface area contributed by atoms with Crippen LogP contribution in [0, 0.1) is 0 Å². The highest BCUT2D eigenvalue weighted by Gasteiger charge is 2.43. The molecule has 0 aliphatic carbocycles. The van der Waals surface area contributed by atoms with Gasteiger partial charge in [0.15, 0.2) is 5.82 Å². The summed E-state index contributed by atoms with van der Waals surface area (Å²) in [6, 6.07) is 7.32. The van der Waals surface area contributed by atoms with E-state index in [1.165, 1.54) is 0 Å². The van der Waals surface area contributed by atoms with Crippen LogP contribution in [0.25, 0.3) is 22.5 Å². The zero-order valence-corrected chi connectivity index (χ0v) is 15.9. The SMILES string of the molecule is O=C(N1CCC(c2nc(-c3cccnc3)ncc2-c2ccncc2)CC1)C(F)(F)F. The number of pyridine rings is 2. The molecule has 6 nitrogen and oxygen atoms in total. The lowest BCUT2D eigenvalue weighted by atomic mass is 9.89. The number of amides is 1. The van der Waals surface area contributed by atoms with Crippen molar-refractivity contribution in [3.05, 3.63) is 60.9 Å². The second kappa shape index (κ2) is 8.17. The molecule has 4 rings (SSSR count). The molecule has 1 amide bonds. The molecule has 3 aromatic rings. The van der Waals surface area contributed by atoms with Crippen molar-refractivity contribution in [1.82, 2.24) is 24.8 Å². The van der Waals surface area contributed by atoms with Gasteiger partial charge in [-0.3, -0.25) is 14.8 Å². The molecule has 0 unspecified atom stereocenters. The molecule has 0 bridgehead atoms. The van der Waals surface area contributed by atoms with Crippen molar-refractivity contribution < 1.29 is 18.0 Å². The molecule has 30 heavy (non-hydrogen) atoms. The molecule has 1 saturated heterocycles. The van der Waals surface area contributed by atoms with Crippen molar-refractivity contribution in [3.8, 4) is 22.5 Å². The molecule has 4 heterocycles. The molecule has 154 valence electrons. The van der Waals surface area contributed by atoms with E-state index in [2.05, 4.69) is 15.0 Å². The summed E-state index contributed by atoms with van der Waals surface area (Å²) >= 11 is 0. The lowest BCUT2D eigenvalue weighted by Crippen LogP contribution is -2.45. The summed E-state index contributed by atoms with van der Waals surface area (Å²) in [5.41, 5.74) is 3.20. The molecule has 1 aliphatic heterocycles. The Bertz CT molecular complexity index is 1020. The summed E-state index contributed by atoms with van der Waals surface area (Å²) in [5, 5.41) is 0. The van der Waals surface area contributed by atoms with Crippen LogP contribution >= 0.6 is 0 Å². The van der Waals surface area contributed by atoms with Crippen molar-refractivity contribution in [2.24, 2.45) is 0 Å². The molecule has 9 heteroatoms. The monoisotopic (exact) mass is 413 g/mol. The molecule has 1 aliphatic rings. The van der Waals surface area contributed by atoms with Gasteiger partial charge < -0.3 is 4.90 Å². The van der Waals surface area contributed by atoms with Gasteiger partial charge in [-0.2, -0.15) is 13.2 Å². The number of halogens is 3. The highest BCUT2D eigenvalue weighted by molar-refractivity contribution is 5.82. The van der Waals surface area contributed by atoms with Crippen LogP contribution in [0.2, 0.25) is 0 Å². The Morgan fingerprint density at radius 1 is 0.967 bits per heavy atom. The zero-order valence-electron chi connectivity index (χ0n) is 15.9. The number of rotatable bonds is 3. The van der Waals surface area contributed by atoms with Gasteiger partial charge in [0.25, 0.3) is 0 Å². The molecular weight excluding hydrogens is 395 g/mol. The Hall–Kier alpha value is -3.36. The number of alkyl halides is 3. The Morgan fingerprint density at radius 3 is 2.33 bits per heavy atom. The molecule has 3 aromatic heterocycles. The van der Waals surface area contributed by atoms with Crippen LogP contribution in [-0.2, 0) is 4.79 Å². The largest absolute Gasteiger partial charge is 0.471 e. The van der Waals surface area contributed by atoms with Crippen LogP contribution in [0.3, 0.4) is 0 Å². The van der Waals surface area contributed by atoms with Gasteiger partial charge in [0.1, 0.15) is 0 Å². The zero-order chi connectivity index (χ0) is 21.1. The van der Waals surface area contributed by atoms with E-state index < -0.39 is 12.1 Å². The normalized spacial score (nSPS) is 15.2. The quantitative estimate of drug-likeness (QED) is 0.652. The maximum absolute atomic E-state index is 12.8. The second-order valence-electron chi connectivity index (χ2n) is 7.03. The topological polar surface area (TPSA) is 71.9 Å². The third kappa shape index (κ3) is 4.14. The maximum Gasteiger partial charge on any atom is 0.471 e. The van der Waals surface area contributed by atoms with Gasteiger partial charge >= 0.3 is 12.1 Å². The van der Waals surface area contributed by atoms with Crippen LogP contribution < -0.4 is 0 Å². The fraction of sp³-hybridized carbons (Fsp3) is 0.286. The third-order valence-corrected chi connectivity index (χ3v) is 5.14. The second-order valence-corrected chi connectivity index (χ2v) is 7.03. The summed E-state index contributed by atoms with van der Waals surface area (Å²) in [6.07, 6.45) is 4.31. The number of carbonyl (C=O) groups excluding carboxylic acids is 1. The highest BCUT2D eigenvalue weighted by atomic mass is 19.4. The van der Waals surface area contributed by atoms with Crippen molar-refractivity contribution in [1.29, 1.82) is 0 Å². The summed E-state index contributed by atoms with van der Waals surface area (Å²) in [4.78, 5) is 29.8. The van der Waals surface area contributed by atoms with Gasteiger partial charge in [0, 0.05) is 61.1 Å². The molecule has 1 fully saturated rings.